The third-order valence-corrected chi connectivity index (χ3v) is 3.44. The van der Waals surface area contributed by atoms with Crippen molar-refractivity contribution in [3.63, 3.8) is 0 Å². The number of nitrogens with one attached hydrogen (secondary N) is 1. The number of nitrogens with zero attached hydrogens (tertiary/aromatic N) is 3. The van der Waals surface area contributed by atoms with Crippen molar-refractivity contribution in [1.29, 1.82) is 0 Å². The molecule has 2 heterocycles. The van der Waals surface area contributed by atoms with Crippen LogP contribution in [-0.4, -0.2) is 21.3 Å². The minimum Gasteiger partial charge on any atom is -0.309 e. The average molecular weight is 309 g/mol. The van der Waals surface area contributed by atoms with Crippen LogP contribution in [0.2, 0.25) is 0 Å². The standard InChI is InChI=1S/C13H17BrN4/c1-3-15-12(7-10-8-17-18(2)9-10)13-11(14)5-4-6-16-13/h4-6,8-9,12,15H,3,7H2,1-2H3. The van der Waals surface area contributed by atoms with Gasteiger partial charge in [0, 0.05) is 23.9 Å². The predicted octanol–water partition coefficient (Wildman–Crippen LogP) is 2.47. The quantitative estimate of drug-likeness (QED) is 0.922. The summed E-state index contributed by atoms with van der Waals surface area (Å²) < 4.78 is 2.87. The lowest BCUT2D eigenvalue weighted by atomic mass is 10.1. The van der Waals surface area contributed by atoms with Crippen molar-refractivity contribution in [2.24, 2.45) is 7.05 Å². The lowest BCUT2D eigenvalue weighted by molar-refractivity contribution is 0.534. The number of likely N-dealkylation sites (N-methyl/N-ethyl adjacent to an activating group) is 1. The van der Waals surface area contributed by atoms with Crippen LogP contribution in [0, 0.1) is 0 Å². The Kier molecular flexibility index (Phi) is 4.49. The van der Waals surface area contributed by atoms with Gasteiger partial charge in [-0.1, -0.05) is 6.92 Å². The van der Waals surface area contributed by atoms with Gasteiger partial charge in [0.1, 0.15) is 0 Å². The van der Waals surface area contributed by atoms with Gasteiger partial charge in [-0.15, -0.1) is 0 Å². The van der Waals surface area contributed by atoms with Crippen LogP contribution < -0.4 is 5.32 Å². The molecule has 1 atom stereocenters. The molecule has 0 saturated heterocycles. The topological polar surface area (TPSA) is 42.7 Å². The maximum Gasteiger partial charge on any atom is 0.0718 e. The van der Waals surface area contributed by atoms with E-state index in [1.54, 1.807) is 0 Å². The Labute approximate surface area is 116 Å². The summed E-state index contributed by atoms with van der Waals surface area (Å²) in [6.07, 6.45) is 6.66. The summed E-state index contributed by atoms with van der Waals surface area (Å²) in [4.78, 5) is 4.46. The van der Waals surface area contributed by atoms with E-state index in [4.69, 9.17) is 0 Å². The van der Waals surface area contributed by atoms with Crippen molar-refractivity contribution in [2.75, 3.05) is 6.54 Å². The zero-order valence-corrected chi connectivity index (χ0v) is 12.2. The fourth-order valence-electron chi connectivity index (χ4n) is 1.98. The predicted molar refractivity (Wildman–Crippen MR) is 75.3 cm³/mol. The fraction of sp³-hybridized carbons (Fsp3) is 0.385. The van der Waals surface area contributed by atoms with Gasteiger partial charge >= 0.3 is 0 Å². The Morgan fingerprint density at radius 1 is 1.50 bits per heavy atom. The maximum atomic E-state index is 4.46. The lowest BCUT2D eigenvalue weighted by Crippen LogP contribution is -2.24. The minimum absolute atomic E-state index is 0.203. The highest BCUT2D eigenvalue weighted by atomic mass is 79.9. The van der Waals surface area contributed by atoms with Crippen molar-refractivity contribution in [1.82, 2.24) is 20.1 Å². The van der Waals surface area contributed by atoms with Gasteiger partial charge in [-0.25, -0.2) is 0 Å². The molecule has 5 heteroatoms. The van der Waals surface area contributed by atoms with E-state index >= 15 is 0 Å². The van der Waals surface area contributed by atoms with Gasteiger partial charge in [-0.3, -0.25) is 9.67 Å². The molecule has 2 rings (SSSR count). The Morgan fingerprint density at radius 2 is 2.33 bits per heavy atom. The molecule has 4 nitrogen and oxygen atoms in total. The highest BCUT2D eigenvalue weighted by molar-refractivity contribution is 9.10. The Bertz CT molecular complexity index is 509. The largest absolute Gasteiger partial charge is 0.309 e. The SMILES string of the molecule is CCNC(Cc1cnn(C)c1)c1ncccc1Br. The molecule has 0 bridgehead atoms. The zero-order valence-electron chi connectivity index (χ0n) is 10.6. The zero-order chi connectivity index (χ0) is 13.0. The number of aryl methyl sites for hydroxylation is 1. The molecule has 96 valence electrons. The van der Waals surface area contributed by atoms with Crippen LogP contribution in [0.3, 0.4) is 0 Å². The molecule has 0 aliphatic rings. The third-order valence-electron chi connectivity index (χ3n) is 2.77. The van der Waals surface area contributed by atoms with E-state index in [1.165, 1.54) is 5.56 Å². The average Bonchev–Trinajstić information content (AvgIpc) is 2.75. The first-order valence-electron chi connectivity index (χ1n) is 6.02. The highest BCUT2D eigenvalue weighted by Crippen LogP contribution is 2.23. The third kappa shape index (κ3) is 3.17. The van der Waals surface area contributed by atoms with Crippen molar-refractivity contribution < 1.29 is 0 Å². The van der Waals surface area contributed by atoms with Crippen molar-refractivity contribution in [3.8, 4) is 0 Å². The summed E-state index contributed by atoms with van der Waals surface area (Å²) in [5, 5.41) is 7.67. The lowest BCUT2D eigenvalue weighted by Gasteiger charge is -2.17. The second kappa shape index (κ2) is 6.11. The maximum absolute atomic E-state index is 4.46. The van der Waals surface area contributed by atoms with Crippen LogP contribution in [0.15, 0.2) is 35.2 Å². The van der Waals surface area contributed by atoms with E-state index in [2.05, 4.69) is 38.3 Å². The van der Waals surface area contributed by atoms with Gasteiger partial charge in [-0.2, -0.15) is 5.10 Å². The monoisotopic (exact) mass is 308 g/mol. The summed E-state index contributed by atoms with van der Waals surface area (Å²) in [5.41, 5.74) is 2.25. The highest BCUT2D eigenvalue weighted by Gasteiger charge is 2.16. The first-order chi connectivity index (χ1) is 8.70. The van der Waals surface area contributed by atoms with Crippen LogP contribution in [-0.2, 0) is 13.5 Å². The Morgan fingerprint density at radius 3 is 2.94 bits per heavy atom. The van der Waals surface area contributed by atoms with E-state index in [9.17, 15) is 0 Å². The summed E-state index contributed by atoms with van der Waals surface area (Å²) in [5.74, 6) is 0. The molecule has 18 heavy (non-hydrogen) atoms. The molecule has 0 aliphatic heterocycles. The van der Waals surface area contributed by atoms with Gasteiger partial charge in [-0.05, 0) is 46.6 Å². The summed E-state index contributed by atoms with van der Waals surface area (Å²) in [6.45, 7) is 3.01. The van der Waals surface area contributed by atoms with Gasteiger partial charge in [0.25, 0.3) is 0 Å². The minimum atomic E-state index is 0.203. The molecule has 2 aromatic rings. The fourth-order valence-corrected chi connectivity index (χ4v) is 2.51. The molecular formula is C13H17BrN4. The molecule has 2 aromatic heterocycles. The van der Waals surface area contributed by atoms with E-state index in [1.807, 2.05) is 42.5 Å². The van der Waals surface area contributed by atoms with Crippen molar-refractivity contribution >= 4 is 15.9 Å². The number of halogens is 1. The van der Waals surface area contributed by atoms with E-state index in [-0.39, 0.29) is 6.04 Å². The summed E-state index contributed by atoms with van der Waals surface area (Å²) in [6, 6.07) is 4.16. The number of rotatable bonds is 5. The number of aromatic nitrogens is 3. The molecule has 0 radical (unpaired) electrons. The first-order valence-corrected chi connectivity index (χ1v) is 6.81. The van der Waals surface area contributed by atoms with E-state index < -0.39 is 0 Å². The second-order valence-electron chi connectivity index (χ2n) is 4.21. The molecule has 0 aliphatic carbocycles. The number of hydrogen-bond donors (Lipinski definition) is 1. The van der Waals surface area contributed by atoms with Crippen molar-refractivity contribution in [3.05, 3.63) is 46.5 Å². The smallest absolute Gasteiger partial charge is 0.0718 e. The molecule has 0 aromatic carbocycles. The first kappa shape index (κ1) is 13.2. The molecule has 0 fully saturated rings. The van der Waals surface area contributed by atoms with Crippen LogP contribution >= 0.6 is 15.9 Å². The summed E-state index contributed by atoms with van der Waals surface area (Å²) >= 11 is 3.56. The number of hydrogen-bond acceptors (Lipinski definition) is 3. The van der Waals surface area contributed by atoms with Crippen LogP contribution in [0.1, 0.15) is 24.2 Å². The van der Waals surface area contributed by atoms with Gasteiger partial charge in [0.15, 0.2) is 0 Å². The molecule has 1 N–H and O–H groups in total. The van der Waals surface area contributed by atoms with Gasteiger partial charge < -0.3 is 5.32 Å². The Hall–Kier alpha value is -1.20. The van der Waals surface area contributed by atoms with Crippen LogP contribution in [0.5, 0.6) is 0 Å². The molecule has 0 amide bonds. The number of pyridine rings is 1. The molecule has 0 saturated carbocycles. The molecule has 1 unspecified atom stereocenters. The van der Waals surface area contributed by atoms with E-state index in [0.29, 0.717) is 0 Å². The Balaban J connectivity index is 2.20. The van der Waals surface area contributed by atoms with Crippen LogP contribution in [0.4, 0.5) is 0 Å². The van der Waals surface area contributed by atoms with Crippen molar-refractivity contribution in [2.45, 2.75) is 19.4 Å². The molecule has 0 spiro atoms. The summed E-state index contributed by atoms with van der Waals surface area (Å²) in [7, 11) is 1.93. The molecular weight excluding hydrogens is 292 g/mol. The van der Waals surface area contributed by atoms with Crippen LogP contribution in [0.25, 0.3) is 0 Å². The van der Waals surface area contributed by atoms with Gasteiger partial charge in [0.05, 0.1) is 17.9 Å². The van der Waals surface area contributed by atoms with Gasteiger partial charge in [0.2, 0.25) is 0 Å². The van der Waals surface area contributed by atoms with E-state index in [0.717, 1.165) is 23.1 Å². The second-order valence-corrected chi connectivity index (χ2v) is 5.06. The normalized spacial score (nSPS) is 12.6.